The van der Waals surface area contributed by atoms with Crippen molar-refractivity contribution in [3.05, 3.63) is 76.2 Å². The molecule has 194 valence electrons. The molecule has 3 aromatic rings. The van der Waals surface area contributed by atoms with E-state index >= 15 is 0 Å². The molecule has 37 heavy (non-hydrogen) atoms. The van der Waals surface area contributed by atoms with Gasteiger partial charge in [-0.3, -0.25) is 4.79 Å². The predicted molar refractivity (Wildman–Crippen MR) is 142 cm³/mol. The molecule has 1 aliphatic heterocycles. The fraction of sp³-hybridized carbons (Fsp3) is 0.308. The van der Waals surface area contributed by atoms with Gasteiger partial charge in [0, 0.05) is 35.7 Å². The zero-order valence-electron chi connectivity index (χ0n) is 20.7. The largest absolute Gasteiger partial charge is 0.462 e. The number of sulfonamides is 1. The highest BCUT2D eigenvalue weighted by Crippen LogP contribution is 2.28. The van der Waals surface area contributed by atoms with Gasteiger partial charge in [-0.15, -0.1) is 0 Å². The summed E-state index contributed by atoms with van der Waals surface area (Å²) in [5, 5.41) is 0. The molecule has 0 N–H and O–H groups in total. The minimum Gasteiger partial charge on any atom is -0.462 e. The molecule has 2 aromatic carbocycles. The number of hydrogen-bond acceptors (Lipinski definition) is 7. The Morgan fingerprint density at radius 1 is 1.05 bits per heavy atom. The Morgan fingerprint density at radius 3 is 2.35 bits per heavy atom. The summed E-state index contributed by atoms with van der Waals surface area (Å²) in [6, 6.07) is 15.0. The number of amides is 1. The smallest absolute Gasteiger partial charge is 0.342 e. The van der Waals surface area contributed by atoms with Crippen molar-refractivity contribution in [1.82, 2.24) is 19.2 Å². The molecule has 1 atom stereocenters. The van der Waals surface area contributed by atoms with Crippen molar-refractivity contribution >= 4 is 37.8 Å². The first-order valence-electron chi connectivity index (χ1n) is 11.8. The van der Waals surface area contributed by atoms with Crippen LogP contribution in [-0.2, 0) is 14.8 Å². The Hall–Kier alpha value is -3.15. The van der Waals surface area contributed by atoms with Gasteiger partial charge < -0.3 is 9.64 Å². The van der Waals surface area contributed by atoms with E-state index in [4.69, 9.17) is 4.74 Å². The molecular formula is C26H27BrN4O5S. The number of nitrogens with zero attached hydrogens (tertiary/aromatic N) is 4. The topological polar surface area (TPSA) is 110 Å². The second-order valence-electron chi connectivity index (χ2n) is 8.60. The Bertz CT molecular complexity index is 1410. The van der Waals surface area contributed by atoms with Crippen LogP contribution in [0.25, 0.3) is 11.3 Å². The summed E-state index contributed by atoms with van der Waals surface area (Å²) in [5.74, 6) is -0.827. The van der Waals surface area contributed by atoms with Crippen LogP contribution in [0.2, 0.25) is 0 Å². The van der Waals surface area contributed by atoms with Gasteiger partial charge in [0.25, 0.3) is 5.91 Å². The van der Waals surface area contributed by atoms with Crippen LogP contribution in [-0.4, -0.2) is 71.8 Å². The average Bonchev–Trinajstić information content (AvgIpc) is 2.88. The molecule has 1 saturated heterocycles. The standard InChI is InChI=1S/C26H27BrN4O5S/c1-4-36-26(33)22-23(19-8-6-5-7-9-19)28-18(3)29-24(22)25(32)30-14-15-31(17(2)16-30)37(34,35)21-12-10-20(27)11-13-21/h5-13,17H,4,14-16H2,1-3H3. The highest BCUT2D eigenvalue weighted by molar-refractivity contribution is 9.10. The van der Waals surface area contributed by atoms with Crippen LogP contribution in [0, 0.1) is 6.92 Å². The van der Waals surface area contributed by atoms with Crippen molar-refractivity contribution in [3.63, 3.8) is 0 Å². The van der Waals surface area contributed by atoms with Crippen molar-refractivity contribution in [2.24, 2.45) is 0 Å². The summed E-state index contributed by atoms with van der Waals surface area (Å²) >= 11 is 3.32. The zero-order valence-corrected chi connectivity index (χ0v) is 23.1. The number of esters is 1. The van der Waals surface area contributed by atoms with E-state index in [1.54, 1.807) is 57.2 Å². The van der Waals surface area contributed by atoms with E-state index < -0.39 is 27.9 Å². The lowest BCUT2D eigenvalue weighted by molar-refractivity contribution is 0.0511. The van der Waals surface area contributed by atoms with Gasteiger partial charge in [-0.25, -0.2) is 23.2 Å². The number of piperazine rings is 1. The van der Waals surface area contributed by atoms with Crippen LogP contribution < -0.4 is 0 Å². The molecule has 0 bridgehead atoms. The van der Waals surface area contributed by atoms with Gasteiger partial charge in [0.05, 0.1) is 17.2 Å². The van der Waals surface area contributed by atoms with Gasteiger partial charge in [0.2, 0.25) is 10.0 Å². The Balaban J connectivity index is 1.66. The summed E-state index contributed by atoms with van der Waals surface area (Å²) in [6.45, 7) is 5.61. The number of carbonyl (C=O) groups is 2. The van der Waals surface area contributed by atoms with E-state index in [-0.39, 0.29) is 42.4 Å². The third-order valence-electron chi connectivity index (χ3n) is 6.02. The Morgan fingerprint density at radius 2 is 1.73 bits per heavy atom. The highest BCUT2D eigenvalue weighted by atomic mass is 79.9. The lowest BCUT2D eigenvalue weighted by Gasteiger charge is -2.39. The second-order valence-corrected chi connectivity index (χ2v) is 11.4. The van der Waals surface area contributed by atoms with Gasteiger partial charge >= 0.3 is 5.97 Å². The maximum Gasteiger partial charge on any atom is 0.342 e. The average molecular weight is 587 g/mol. The molecule has 4 rings (SSSR count). The Labute approximate surface area is 224 Å². The number of benzene rings is 2. The first-order valence-corrected chi connectivity index (χ1v) is 14.0. The molecule has 1 aliphatic rings. The van der Waals surface area contributed by atoms with E-state index in [0.717, 1.165) is 4.47 Å². The SMILES string of the molecule is CCOC(=O)c1c(C(=O)N2CCN(S(=O)(=O)c3ccc(Br)cc3)C(C)C2)nc(C)nc1-c1ccccc1. The molecule has 9 nitrogen and oxygen atoms in total. The van der Waals surface area contributed by atoms with Crippen molar-refractivity contribution in [1.29, 1.82) is 0 Å². The number of aromatic nitrogens is 2. The molecule has 0 aliphatic carbocycles. The van der Waals surface area contributed by atoms with E-state index in [1.165, 1.54) is 9.21 Å². The molecule has 1 amide bonds. The van der Waals surface area contributed by atoms with E-state index in [1.807, 2.05) is 18.2 Å². The molecule has 2 heterocycles. The van der Waals surface area contributed by atoms with Crippen molar-refractivity contribution in [3.8, 4) is 11.3 Å². The number of rotatable bonds is 6. The van der Waals surface area contributed by atoms with Crippen LogP contribution >= 0.6 is 15.9 Å². The number of halogens is 1. The number of aryl methyl sites for hydroxylation is 1. The van der Waals surface area contributed by atoms with Gasteiger partial charge in [0.1, 0.15) is 17.1 Å². The van der Waals surface area contributed by atoms with Gasteiger partial charge in [-0.1, -0.05) is 46.3 Å². The Kier molecular flexibility index (Phi) is 8.05. The molecular weight excluding hydrogens is 560 g/mol. The number of ether oxygens (including phenoxy) is 1. The van der Waals surface area contributed by atoms with Crippen molar-refractivity contribution < 1.29 is 22.7 Å². The van der Waals surface area contributed by atoms with Gasteiger partial charge in [-0.2, -0.15) is 4.31 Å². The minimum absolute atomic E-state index is 0.00113. The summed E-state index contributed by atoms with van der Waals surface area (Å²) in [7, 11) is -3.75. The predicted octanol–water partition coefficient (Wildman–Crippen LogP) is 3.93. The third-order valence-corrected chi connectivity index (χ3v) is 8.58. The van der Waals surface area contributed by atoms with Crippen LogP contribution in [0.15, 0.2) is 64.0 Å². The summed E-state index contributed by atoms with van der Waals surface area (Å²) in [6.07, 6.45) is 0. The second kappa shape index (κ2) is 11.1. The molecule has 0 saturated carbocycles. The summed E-state index contributed by atoms with van der Waals surface area (Å²) in [4.78, 5) is 37.3. The number of carbonyl (C=O) groups excluding carboxylic acids is 2. The summed E-state index contributed by atoms with van der Waals surface area (Å²) in [5.41, 5.74) is 0.922. The highest BCUT2D eigenvalue weighted by Gasteiger charge is 2.37. The maximum atomic E-state index is 13.7. The lowest BCUT2D eigenvalue weighted by Crippen LogP contribution is -2.55. The molecule has 1 fully saturated rings. The fourth-order valence-corrected chi connectivity index (χ4v) is 6.18. The van der Waals surface area contributed by atoms with Crippen LogP contribution in [0.4, 0.5) is 0 Å². The molecule has 0 radical (unpaired) electrons. The third kappa shape index (κ3) is 5.58. The van der Waals surface area contributed by atoms with Crippen LogP contribution in [0.5, 0.6) is 0 Å². The minimum atomic E-state index is -3.75. The fourth-order valence-electron chi connectivity index (χ4n) is 4.30. The lowest BCUT2D eigenvalue weighted by atomic mass is 10.0. The molecule has 11 heteroatoms. The molecule has 0 spiro atoms. The summed E-state index contributed by atoms with van der Waals surface area (Å²) < 4.78 is 33.9. The quantitative estimate of drug-likeness (QED) is 0.402. The normalized spacial score (nSPS) is 16.4. The monoisotopic (exact) mass is 586 g/mol. The van der Waals surface area contributed by atoms with Crippen molar-refractivity contribution in [2.75, 3.05) is 26.2 Å². The van der Waals surface area contributed by atoms with Gasteiger partial charge in [0.15, 0.2) is 0 Å². The first-order chi connectivity index (χ1) is 17.6. The number of hydrogen-bond donors (Lipinski definition) is 0. The molecule has 1 aromatic heterocycles. The van der Waals surface area contributed by atoms with Crippen molar-refractivity contribution in [2.45, 2.75) is 31.7 Å². The van der Waals surface area contributed by atoms with E-state index in [2.05, 4.69) is 25.9 Å². The van der Waals surface area contributed by atoms with E-state index in [9.17, 15) is 18.0 Å². The molecule has 1 unspecified atom stereocenters. The van der Waals surface area contributed by atoms with Crippen LogP contribution in [0.3, 0.4) is 0 Å². The van der Waals surface area contributed by atoms with E-state index in [0.29, 0.717) is 17.1 Å². The zero-order chi connectivity index (χ0) is 26.7. The maximum absolute atomic E-state index is 13.7. The van der Waals surface area contributed by atoms with Crippen LogP contribution in [0.1, 0.15) is 40.5 Å². The first kappa shape index (κ1) is 26.9. The van der Waals surface area contributed by atoms with Gasteiger partial charge in [-0.05, 0) is 45.0 Å².